The lowest BCUT2D eigenvalue weighted by atomic mass is 10.0. The summed E-state index contributed by atoms with van der Waals surface area (Å²) in [5.74, 6) is 0.905. The van der Waals surface area contributed by atoms with Crippen LogP contribution in [0.2, 0.25) is 0 Å². The number of ether oxygens (including phenoxy) is 1. The predicted octanol–water partition coefficient (Wildman–Crippen LogP) is 3.41. The molecule has 2 nitrogen and oxygen atoms in total. The fourth-order valence-corrected chi connectivity index (χ4v) is 1.55. The van der Waals surface area contributed by atoms with Gasteiger partial charge in [0.2, 0.25) is 0 Å². The van der Waals surface area contributed by atoms with Crippen molar-refractivity contribution in [2.24, 2.45) is 0 Å². The lowest BCUT2D eigenvalue weighted by molar-refractivity contribution is 0.101. The van der Waals surface area contributed by atoms with Gasteiger partial charge in [-0.1, -0.05) is 13.0 Å². The van der Waals surface area contributed by atoms with Crippen LogP contribution in [-0.2, 0) is 6.42 Å². The second-order valence-electron chi connectivity index (χ2n) is 3.72. The molecular weight excluding hydrogens is 200 g/mol. The maximum atomic E-state index is 11.4. The summed E-state index contributed by atoms with van der Waals surface area (Å²) < 4.78 is 5.53. The van der Waals surface area contributed by atoms with Crippen molar-refractivity contribution in [3.63, 3.8) is 0 Å². The third-order valence-corrected chi connectivity index (χ3v) is 2.29. The Bertz CT molecular complexity index is 380. The summed E-state index contributed by atoms with van der Waals surface area (Å²) in [6, 6.07) is 5.60. The van der Waals surface area contributed by atoms with Crippen molar-refractivity contribution < 1.29 is 9.53 Å². The molecule has 86 valence electrons. The van der Waals surface area contributed by atoms with Crippen molar-refractivity contribution in [1.82, 2.24) is 0 Å². The molecule has 0 aliphatic rings. The van der Waals surface area contributed by atoms with E-state index in [0.29, 0.717) is 13.0 Å². The van der Waals surface area contributed by atoms with Gasteiger partial charge in [0.15, 0.2) is 5.78 Å². The molecule has 0 aromatic heterocycles. The number of ketones is 1. The standard InChI is InChI=1S/C14H18O2/c1-4-6-12-10-13(16-9-5-2)7-8-14(12)11(3)15/h4,7-8,10H,1,5-6,9H2,2-3H3. The Morgan fingerprint density at radius 1 is 1.50 bits per heavy atom. The van der Waals surface area contributed by atoms with Crippen LogP contribution in [-0.4, -0.2) is 12.4 Å². The molecule has 0 unspecified atom stereocenters. The molecule has 0 spiro atoms. The van der Waals surface area contributed by atoms with Gasteiger partial charge in [0.25, 0.3) is 0 Å². The number of hydrogen-bond donors (Lipinski definition) is 0. The summed E-state index contributed by atoms with van der Waals surface area (Å²) in [6.07, 6.45) is 3.47. The van der Waals surface area contributed by atoms with Crippen molar-refractivity contribution in [3.05, 3.63) is 42.0 Å². The quantitative estimate of drug-likeness (QED) is 0.540. The molecule has 0 saturated carbocycles. The van der Waals surface area contributed by atoms with Crippen LogP contribution in [0.5, 0.6) is 5.75 Å². The minimum Gasteiger partial charge on any atom is -0.494 e. The molecule has 0 radical (unpaired) electrons. The summed E-state index contributed by atoms with van der Waals surface area (Å²) in [5, 5.41) is 0. The van der Waals surface area contributed by atoms with E-state index in [1.165, 1.54) is 0 Å². The third kappa shape index (κ3) is 3.23. The minimum atomic E-state index is 0.0823. The van der Waals surface area contributed by atoms with E-state index in [-0.39, 0.29) is 5.78 Å². The molecule has 1 aromatic rings. The first-order chi connectivity index (χ1) is 7.69. The highest BCUT2D eigenvalue weighted by Crippen LogP contribution is 2.19. The number of allylic oxidation sites excluding steroid dienone is 1. The van der Waals surface area contributed by atoms with Gasteiger partial charge in [-0.2, -0.15) is 0 Å². The number of carbonyl (C=O) groups excluding carboxylic acids is 1. The van der Waals surface area contributed by atoms with E-state index in [1.807, 2.05) is 18.2 Å². The van der Waals surface area contributed by atoms with Crippen LogP contribution in [0.1, 0.15) is 36.2 Å². The molecule has 0 N–H and O–H groups in total. The molecule has 2 heteroatoms. The van der Waals surface area contributed by atoms with E-state index in [2.05, 4.69) is 13.5 Å². The summed E-state index contributed by atoms with van der Waals surface area (Å²) in [7, 11) is 0. The Balaban J connectivity index is 2.97. The van der Waals surface area contributed by atoms with Crippen LogP contribution >= 0.6 is 0 Å². The Morgan fingerprint density at radius 2 is 2.25 bits per heavy atom. The van der Waals surface area contributed by atoms with Crippen molar-refractivity contribution in [1.29, 1.82) is 0 Å². The second-order valence-corrected chi connectivity index (χ2v) is 3.72. The lowest BCUT2D eigenvalue weighted by Gasteiger charge is -2.09. The molecule has 0 saturated heterocycles. The highest BCUT2D eigenvalue weighted by Gasteiger charge is 2.07. The topological polar surface area (TPSA) is 26.3 Å². The third-order valence-electron chi connectivity index (χ3n) is 2.29. The molecule has 0 aliphatic carbocycles. The monoisotopic (exact) mass is 218 g/mol. The Kier molecular flexibility index (Phi) is 4.77. The highest BCUT2D eigenvalue weighted by atomic mass is 16.5. The predicted molar refractivity (Wildman–Crippen MR) is 66.1 cm³/mol. The van der Waals surface area contributed by atoms with Crippen molar-refractivity contribution in [2.75, 3.05) is 6.61 Å². The number of carbonyl (C=O) groups is 1. The average molecular weight is 218 g/mol. The Labute approximate surface area is 96.9 Å². The van der Waals surface area contributed by atoms with Gasteiger partial charge in [0.05, 0.1) is 6.61 Å². The van der Waals surface area contributed by atoms with E-state index in [9.17, 15) is 4.79 Å². The Hall–Kier alpha value is -1.57. The van der Waals surface area contributed by atoms with Crippen molar-refractivity contribution in [3.8, 4) is 5.75 Å². The van der Waals surface area contributed by atoms with Gasteiger partial charge in [-0.3, -0.25) is 4.79 Å². The molecule has 16 heavy (non-hydrogen) atoms. The van der Waals surface area contributed by atoms with Gasteiger partial charge in [-0.15, -0.1) is 6.58 Å². The number of benzene rings is 1. The summed E-state index contributed by atoms with van der Waals surface area (Å²) >= 11 is 0. The molecule has 1 rings (SSSR count). The first-order valence-electron chi connectivity index (χ1n) is 5.56. The van der Waals surface area contributed by atoms with Gasteiger partial charge < -0.3 is 4.74 Å². The second kappa shape index (κ2) is 6.11. The minimum absolute atomic E-state index is 0.0823. The van der Waals surface area contributed by atoms with Crippen molar-refractivity contribution >= 4 is 5.78 Å². The van der Waals surface area contributed by atoms with Crippen molar-refractivity contribution in [2.45, 2.75) is 26.7 Å². The maximum absolute atomic E-state index is 11.4. The molecule has 0 heterocycles. The zero-order chi connectivity index (χ0) is 12.0. The molecular formula is C14H18O2. The zero-order valence-electron chi connectivity index (χ0n) is 9.95. The number of Topliss-reactive ketones (excluding diaryl/α,β-unsaturated/α-hetero) is 1. The molecule has 0 bridgehead atoms. The van der Waals surface area contributed by atoms with Gasteiger partial charge >= 0.3 is 0 Å². The van der Waals surface area contributed by atoms with E-state index in [1.54, 1.807) is 13.0 Å². The maximum Gasteiger partial charge on any atom is 0.160 e. The van der Waals surface area contributed by atoms with Gasteiger partial charge in [-0.25, -0.2) is 0 Å². The van der Waals surface area contributed by atoms with E-state index in [0.717, 1.165) is 23.3 Å². The van der Waals surface area contributed by atoms with Gasteiger partial charge in [0.1, 0.15) is 5.75 Å². The smallest absolute Gasteiger partial charge is 0.160 e. The number of rotatable bonds is 6. The van der Waals surface area contributed by atoms with Crippen LogP contribution in [0, 0.1) is 0 Å². The summed E-state index contributed by atoms with van der Waals surface area (Å²) in [4.78, 5) is 11.4. The van der Waals surface area contributed by atoms with Gasteiger partial charge in [0, 0.05) is 5.56 Å². The Morgan fingerprint density at radius 3 is 2.81 bits per heavy atom. The fraction of sp³-hybridized carbons (Fsp3) is 0.357. The highest BCUT2D eigenvalue weighted by molar-refractivity contribution is 5.95. The SMILES string of the molecule is C=CCc1cc(OCCC)ccc1C(C)=O. The van der Waals surface area contributed by atoms with Crippen LogP contribution in [0.4, 0.5) is 0 Å². The molecule has 0 fully saturated rings. The van der Waals surface area contributed by atoms with E-state index < -0.39 is 0 Å². The first kappa shape index (κ1) is 12.5. The van der Waals surface area contributed by atoms with E-state index in [4.69, 9.17) is 4.74 Å². The summed E-state index contributed by atoms with van der Waals surface area (Å²) in [6.45, 7) is 8.04. The van der Waals surface area contributed by atoms with Gasteiger partial charge in [-0.05, 0) is 43.5 Å². The molecule has 1 aromatic carbocycles. The molecule has 0 atom stereocenters. The fourth-order valence-electron chi connectivity index (χ4n) is 1.55. The summed E-state index contributed by atoms with van der Waals surface area (Å²) in [5.41, 5.74) is 1.74. The van der Waals surface area contributed by atoms with Crippen LogP contribution in [0.15, 0.2) is 30.9 Å². The van der Waals surface area contributed by atoms with Crippen LogP contribution in [0.3, 0.4) is 0 Å². The first-order valence-corrected chi connectivity index (χ1v) is 5.56. The molecule has 0 amide bonds. The zero-order valence-corrected chi connectivity index (χ0v) is 9.95. The largest absolute Gasteiger partial charge is 0.494 e. The van der Waals surface area contributed by atoms with Crippen LogP contribution in [0.25, 0.3) is 0 Å². The average Bonchev–Trinajstić information content (AvgIpc) is 2.26. The number of hydrogen-bond acceptors (Lipinski definition) is 2. The van der Waals surface area contributed by atoms with Crippen LogP contribution < -0.4 is 4.74 Å². The lowest BCUT2D eigenvalue weighted by Crippen LogP contribution is -2.01. The molecule has 0 aliphatic heterocycles. The van der Waals surface area contributed by atoms with E-state index >= 15 is 0 Å². The normalized spacial score (nSPS) is 9.88.